The molecule has 0 fully saturated rings. The highest BCUT2D eigenvalue weighted by Gasteiger charge is 2.67. The zero-order valence-electron chi connectivity index (χ0n) is 9.40. The summed E-state index contributed by atoms with van der Waals surface area (Å²) in [6.07, 6.45) is 0. The molecule has 0 amide bonds. The quantitative estimate of drug-likeness (QED) is 0.618. The fraction of sp³-hybridized carbons (Fsp3) is 0. The first-order valence-electron chi connectivity index (χ1n) is 5.12. The Bertz CT molecular complexity index is 594. The minimum atomic E-state index is -9.77. The van der Waals surface area contributed by atoms with Gasteiger partial charge in [-0.05, 0) is 24.3 Å². The van der Waals surface area contributed by atoms with E-state index in [0.717, 1.165) is 12.1 Å². The molecular weight excluding hydrogens is 287 g/mol. The number of halogens is 5. The van der Waals surface area contributed by atoms with E-state index in [1.54, 1.807) is 6.07 Å². The average molecular weight is 296 g/mol. The lowest BCUT2D eigenvalue weighted by atomic mass is 10.3. The molecule has 0 N–H and O–H groups in total. The largest absolute Gasteiger partial charge is 0.456 e. The number of benzene rings is 2. The van der Waals surface area contributed by atoms with E-state index in [4.69, 9.17) is 4.74 Å². The Hall–Kier alpha value is -1.76. The Morgan fingerprint density at radius 3 is 1.79 bits per heavy atom. The third kappa shape index (κ3) is 3.37. The van der Waals surface area contributed by atoms with Gasteiger partial charge in [0.2, 0.25) is 0 Å². The minimum Gasteiger partial charge on any atom is -0.456 e. The van der Waals surface area contributed by atoms with Crippen molar-refractivity contribution in [1.82, 2.24) is 0 Å². The SMILES string of the molecule is FS(F)(F)(F)(F)c1ccccc1Oc1ccccc1. The second kappa shape index (κ2) is 3.63. The molecule has 0 aromatic heterocycles. The van der Waals surface area contributed by atoms with Crippen LogP contribution in [-0.4, -0.2) is 0 Å². The summed E-state index contributed by atoms with van der Waals surface area (Å²) in [4.78, 5) is -2.02. The lowest BCUT2D eigenvalue weighted by Crippen LogP contribution is -2.07. The number of hydrogen-bond donors (Lipinski definition) is 0. The van der Waals surface area contributed by atoms with Gasteiger partial charge in [0.15, 0.2) is 0 Å². The van der Waals surface area contributed by atoms with Gasteiger partial charge in [-0.2, -0.15) is 0 Å². The van der Waals surface area contributed by atoms with Crippen LogP contribution in [0.3, 0.4) is 0 Å². The fourth-order valence-electron chi connectivity index (χ4n) is 1.47. The van der Waals surface area contributed by atoms with Crippen LogP contribution >= 0.6 is 10.2 Å². The molecule has 0 bridgehead atoms. The Balaban J connectivity index is 2.50. The second-order valence-electron chi connectivity index (χ2n) is 3.83. The first-order chi connectivity index (χ1) is 8.56. The molecule has 0 spiro atoms. The molecule has 0 aliphatic carbocycles. The Morgan fingerprint density at radius 2 is 1.21 bits per heavy atom. The number of para-hydroxylation sites is 2. The van der Waals surface area contributed by atoms with Crippen LogP contribution < -0.4 is 4.74 Å². The van der Waals surface area contributed by atoms with E-state index < -0.39 is 20.9 Å². The van der Waals surface area contributed by atoms with Crippen molar-refractivity contribution in [2.24, 2.45) is 0 Å². The van der Waals surface area contributed by atoms with Gasteiger partial charge < -0.3 is 4.74 Å². The zero-order valence-corrected chi connectivity index (χ0v) is 10.2. The van der Waals surface area contributed by atoms with Crippen molar-refractivity contribution in [1.29, 1.82) is 0 Å². The van der Waals surface area contributed by atoms with Gasteiger partial charge in [0.25, 0.3) is 0 Å². The predicted molar refractivity (Wildman–Crippen MR) is 64.4 cm³/mol. The van der Waals surface area contributed by atoms with Gasteiger partial charge in [0, 0.05) is 0 Å². The van der Waals surface area contributed by atoms with Gasteiger partial charge in [-0.1, -0.05) is 49.8 Å². The molecule has 7 heteroatoms. The van der Waals surface area contributed by atoms with E-state index in [9.17, 15) is 19.4 Å². The van der Waals surface area contributed by atoms with E-state index in [0.29, 0.717) is 6.07 Å². The van der Waals surface area contributed by atoms with Crippen LogP contribution in [0.15, 0.2) is 59.5 Å². The molecule has 2 rings (SSSR count). The molecular formula is C12H9F5OS. The Labute approximate surface area is 106 Å². The maximum absolute atomic E-state index is 12.8. The molecule has 0 atom stereocenters. The van der Waals surface area contributed by atoms with Crippen molar-refractivity contribution in [2.75, 3.05) is 0 Å². The molecule has 2 aromatic rings. The third-order valence-corrected chi connectivity index (χ3v) is 3.40. The van der Waals surface area contributed by atoms with Crippen LogP contribution in [0, 0.1) is 0 Å². The molecule has 0 heterocycles. The summed E-state index contributed by atoms with van der Waals surface area (Å²) in [6.45, 7) is 0. The molecule has 104 valence electrons. The van der Waals surface area contributed by atoms with Gasteiger partial charge in [0.1, 0.15) is 16.4 Å². The zero-order chi connectivity index (χ0) is 14.2. The van der Waals surface area contributed by atoms with Crippen LogP contribution in [0.4, 0.5) is 19.4 Å². The lowest BCUT2D eigenvalue weighted by molar-refractivity contribution is 0.354. The molecule has 19 heavy (non-hydrogen) atoms. The highest BCUT2D eigenvalue weighted by atomic mass is 32.5. The minimum absolute atomic E-state index is 0.0526. The third-order valence-electron chi connectivity index (χ3n) is 2.24. The van der Waals surface area contributed by atoms with Gasteiger partial charge in [-0.25, -0.2) is 0 Å². The van der Waals surface area contributed by atoms with E-state index in [1.165, 1.54) is 30.3 Å². The molecule has 2 aromatic carbocycles. The molecule has 0 saturated heterocycles. The molecule has 0 aliphatic heterocycles. The standard InChI is InChI=1S/C12H9F5OS/c13-19(14,15,16,17)12-9-5-4-8-11(12)18-10-6-2-1-3-7-10/h1-9H. The molecule has 0 aliphatic rings. The van der Waals surface area contributed by atoms with Gasteiger partial charge >= 0.3 is 10.2 Å². The maximum atomic E-state index is 12.8. The number of ether oxygens (including phenoxy) is 1. The van der Waals surface area contributed by atoms with E-state index >= 15 is 0 Å². The second-order valence-corrected chi connectivity index (χ2v) is 6.21. The summed E-state index contributed by atoms with van der Waals surface area (Å²) in [7, 11) is -9.77. The fourth-order valence-corrected chi connectivity index (χ4v) is 2.29. The van der Waals surface area contributed by atoms with E-state index in [2.05, 4.69) is 0 Å². The summed E-state index contributed by atoms with van der Waals surface area (Å²) in [5.74, 6) is -0.857. The van der Waals surface area contributed by atoms with Crippen molar-refractivity contribution in [2.45, 2.75) is 4.90 Å². The van der Waals surface area contributed by atoms with E-state index in [1.807, 2.05) is 0 Å². The van der Waals surface area contributed by atoms with Crippen molar-refractivity contribution < 1.29 is 24.2 Å². The monoisotopic (exact) mass is 296 g/mol. The molecule has 0 saturated carbocycles. The van der Waals surface area contributed by atoms with Crippen molar-refractivity contribution in [3.05, 3.63) is 54.6 Å². The van der Waals surface area contributed by atoms with Gasteiger partial charge in [0.05, 0.1) is 0 Å². The van der Waals surface area contributed by atoms with Crippen molar-refractivity contribution >= 4 is 10.2 Å². The number of hydrogen-bond acceptors (Lipinski definition) is 1. The summed E-state index contributed by atoms with van der Waals surface area (Å²) in [5.41, 5.74) is 0. The lowest BCUT2D eigenvalue weighted by Gasteiger charge is -2.41. The summed E-state index contributed by atoms with van der Waals surface area (Å²) < 4.78 is 69.1. The smallest absolute Gasteiger partial charge is 0.313 e. The van der Waals surface area contributed by atoms with Crippen LogP contribution in [-0.2, 0) is 0 Å². The van der Waals surface area contributed by atoms with E-state index in [-0.39, 0.29) is 5.75 Å². The van der Waals surface area contributed by atoms with Crippen LogP contribution in [0.2, 0.25) is 0 Å². The van der Waals surface area contributed by atoms with Gasteiger partial charge in [-0.3, -0.25) is 0 Å². The molecule has 1 nitrogen and oxygen atoms in total. The highest BCUT2D eigenvalue weighted by Crippen LogP contribution is 3.03. The molecule has 0 radical (unpaired) electrons. The van der Waals surface area contributed by atoms with Crippen molar-refractivity contribution in [3.63, 3.8) is 0 Å². The first kappa shape index (κ1) is 13.7. The summed E-state index contributed by atoms with van der Waals surface area (Å²) >= 11 is 0. The topological polar surface area (TPSA) is 9.23 Å². The summed E-state index contributed by atoms with van der Waals surface area (Å²) in [6, 6.07) is 10.7. The van der Waals surface area contributed by atoms with Gasteiger partial charge in [-0.15, -0.1) is 0 Å². The summed E-state index contributed by atoms with van der Waals surface area (Å²) in [5, 5.41) is 0. The molecule has 0 unspecified atom stereocenters. The van der Waals surface area contributed by atoms with Crippen LogP contribution in [0.25, 0.3) is 0 Å². The normalized spacial score (nSPS) is 15.4. The van der Waals surface area contributed by atoms with Crippen LogP contribution in [0.1, 0.15) is 0 Å². The maximum Gasteiger partial charge on any atom is 0.313 e. The Kier molecular flexibility index (Phi) is 2.61. The number of rotatable bonds is 3. The highest BCUT2D eigenvalue weighted by molar-refractivity contribution is 8.45. The van der Waals surface area contributed by atoms with Crippen LogP contribution in [0.5, 0.6) is 11.5 Å². The first-order valence-corrected chi connectivity index (χ1v) is 7.07. The average Bonchev–Trinajstić information content (AvgIpc) is 2.28. The Morgan fingerprint density at radius 1 is 0.684 bits per heavy atom. The predicted octanol–water partition coefficient (Wildman–Crippen LogP) is 6.14. The van der Waals surface area contributed by atoms with Crippen molar-refractivity contribution in [3.8, 4) is 11.5 Å².